The second-order valence-corrected chi connectivity index (χ2v) is 10.5. The maximum atomic E-state index is 11.7. The number of aliphatic imine (C=N–C) groups is 1. The number of benzene rings is 1. The lowest BCUT2D eigenvalue weighted by molar-refractivity contribution is 0.463. The molecule has 5 nitrogen and oxygen atoms in total. The zero-order valence-corrected chi connectivity index (χ0v) is 17.6. The van der Waals surface area contributed by atoms with Crippen molar-refractivity contribution in [2.75, 3.05) is 31.1 Å². The molecule has 0 aromatic heterocycles. The van der Waals surface area contributed by atoms with Gasteiger partial charge in [0.2, 0.25) is 0 Å². The highest BCUT2D eigenvalue weighted by Gasteiger charge is 2.29. The zero-order chi connectivity index (χ0) is 19.4. The van der Waals surface area contributed by atoms with Gasteiger partial charge in [-0.15, -0.1) is 0 Å². The molecule has 1 aromatic carbocycles. The Balaban J connectivity index is 1.68. The molecule has 2 fully saturated rings. The van der Waals surface area contributed by atoms with Gasteiger partial charge in [-0.3, -0.25) is 4.99 Å². The number of hydrogen-bond donors (Lipinski definition) is 1. The van der Waals surface area contributed by atoms with Gasteiger partial charge in [0.1, 0.15) is 0 Å². The Morgan fingerprint density at radius 1 is 1.37 bits per heavy atom. The molecule has 0 spiro atoms. The molecule has 6 heteroatoms. The van der Waals surface area contributed by atoms with Crippen LogP contribution < -0.4 is 5.32 Å². The highest BCUT2D eigenvalue weighted by atomic mass is 32.2. The van der Waals surface area contributed by atoms with Crippen LogP contribution in [0, 0.1) is 12.8 Å². The maximum absolute atomic E-state index is 11.7. The highest BCUT2D eigenvalue weighted by molar-refractivity contribution is 7.91. The fourth-order valence-corrected chi connectivity index (χ4v) is 5.79. The predicted molar refractivity (Wildman–Crippen MR) is 112 cm³/mol. The van der Waals surface area contributed by atoms with E-state index in [4.69, 9.17) is 4.99 Å². The molecule has 0 saturated carbocycles. The molecule has 0 bridgehead atoms. The van der Waals surface area contributed by atoms with E-state index in [1.165, 1.54) is 11.1 Å². The van der Waals surface area contributed by atoms with Crippen molar-refractivity contribution in [1.29, 1.82) is 0 Å². The maximum Gasteiger partial charge on any atom is 0.194 e. The Morgan fingerprint density at radius 3 is 2.85 bits per heavy atom. The molecule has 150 valence electrons. The Bertz CT molecular complexity index is 775. The molecule has 0 amide bonds. The van der Waals surface area contributed by atoms with Crippen molar-refractivity contribution < 1.29 is 8.42 Å². The molecule has 2 heterocycles. The minimum Gasteiger partial charge on any atom is -0.354 e. The van der Waals surface area contributed by atoms with Crippen LogP contribution in [0.1, 0.15) is 50.2 Å². The lowest BCUT2D eigenvalue weighted by Crippen LogP contribution is -2.44. The number of guanidine groups is 1. The molecule has 3 atom stereocenters. The Morgan fingerprint density at radius 2 is 2.19 bits per heavy atom. The third-order valence-corrected chi connectivity index (χ3v) is 7.65. The number of likely N-dealkylation sites (tertiary alicyclic amines) is 1. The van der Waals surface area contributed by atoms with E-state index in [0.29, 0.717) is 30.0 Å². The summed E-state index contributed by atoms with van der Waals surface area (Å²) in [4.78, 5) is 7.20. The van der Waals surface area contributed by atoms with Gasteiger partial charge in [0.15, 0.2) is 15.8 Å². The van der Waals surface area contributed by atoms with Crippen molar-refractivity contribution in [1.82, 2.24) is 10.2 Å². The Hall–Kier alpha value is -1.56. The van der Waals surface area contributed by atoms with Crippen molar-refractivity contribution in [3.8, 4) is 0 Å². The van der Waals surface area contributed by atoms with Gasteiger partial charge in [-0.1, -0.05) is 36.8 Å². The fourth-order valence-electron chi connectivity index (χ4n) is 3.94. The minimum absolute atomic E-state index is 0.166. The summed E-state index contributed by atoms with van der Waals surface area (Å²) in [5.41, 5.74) is 2.71. The first-order valence-electron chi connectivity index (χ1n) is 10.2. The van der Waals surface area contributed by atoms with Gasteiger partial charge in [-0.2, -0.15) is 0 Å². The lowest BCUT2D eigenvalue weighted by Gasteiger charge is -2.25. The van der Waals surface area contributed by atoms with E-state index in [2.05, 4.69) is 55.3 Å². The van der Waals surface area contributed by atoms with Crippen molar-refractivity contribution in [2.24, 2.45) is 10.9 Å². The predicted octanol–water partition coefficient (Wildman–Crippen LogP) is 2.96. The van der Waals surface area contributed by atoms with E-state index in [1.54, 1.807) is 0 Å². The normalized spacial score (nSPS) is 26.3. The van der Waals surface area contributed by atoms with E-state index in [1.807, 2.05) is 0 Å². The van der Waals surface area contributed by atoms with Gasteiger partial charge < -0.3 is 10.2 Å². The number of aryl methyl sites for hydroxylation is 1. The SMILES string of the molecule is CCC(C)NC(=NCC1CCS(=O)(=O)C1)N1CCC(c2cccc(C)c2)C1. The van der Waals surface area contributed by atoms with Gasteiger partial charge in [0, 0.05) is 31.6 Å². The number of hydrogen-bond acceptors (Lipinski definition) is 3. The Kier molecular flexibility index (Phi) is 6.45. The van der Waals surface area contributed by atoms with E-state index < -0.39 is 9.84 Å². The van der Waals surface area contributed by atoms with Gasteiger partial charge in [0.25, 0.3) is 0 Å². The molecule has 1 aromatic rings. The van der Waals surface area contributed by atoms with Crippen LogP contribution in [0.5, 0.6) is 0 Å². The average molecular weight is 392 g/mol. The molecular weight excluding hydrogens is 358 g/mol. The second-order valence-electron chi connectivity index (χ2n) is 8.23. The smallest absolute Gasteiger partial charge is 0.194 e. The van der Waals surface area contributed by atoms with Crippen LogP contribution in [0.2, 0.25) is 0 Å². The van der Waals surface area contributed by atoms with E-state index >= 15 is 0 Å². The first-order valence-corrected chi connectivity index (χ1v) is 12.0. The zero-order valence-electron chi connectivity index (χ0n) is 16.8. The minimum atomic E-state index is -2.84. The molecule has 3 rings (SSSR count). The van der Waals surface area contributed by atoms with Crippen molar-refractivity contribution in [3.05, 3.63) is 35.4 Å². The standard InChI is InChI=1S/C21H33N3O2S/c1-4-17(3)23-21(22-13-18-9-11-27(25,26)15-18)24-10-8-20(14-24)19-7-5-6-16(2)12-19/h5-7,12,17-18,20H,4,8-11,13-15H2,1-3H3,(H,22,23). The summed E-state index contributed by atoms with van der Waals surface area (Å²) in [7, 11) is -2.84. The molecular formula is C21H33N3O2S. The third kappa shape index (κ3) is 5.47. The summed E-state index contributed by atoms with van der Waals surface area (Å²) in [5.74, 6) is 2.25. The van der Waals surface area contributed by atoms with Gasteiger partial charge in [-0.05, 0) is 44.6 Å². The van der Waals surface area contributed by atoms with Crippen LogP contribution in [-0.2, 0) is 9.84 Å². The van der Waals surface area contributed by atoms with E-state index in [0.717, 1.165) is 38.3 Å². The summed E-state index contributed by atoms with van der Waals surface area (Å²) in [6.45, 7) is 9.04. The van der Waals surface area contributed by atoms with Crippen LogP contribution in [0.25, 0.3) is 0 Å². The molecule has 0 radical (unpaired) electrons. The van der Waals surface area contributed by atoms with Crippen LogP contribution in [-0.4, -0.2) is 56.5 Å². The molecule has 2 aliphatic heterocycles. The molecule has 27 heavy (non-hydrogen) atoms. The van der Waals surface area contributed by atoms with E-state index in [9.17, 15) is 8.42 Å². The molecule has 1 N–H and O–H groups in total. The summed E-state index contributed by atoms with van der Waals surface area (Å²) in [5, 5.41) is 3.56. The monoisotopic (exact) mass is 391 g/mol. The molecule has 2 saturated heterocycles. The third-order valence-electron chi connectivity index (χ3n) is 5.82. The number of rotatable bonds is 5. The lowest BCUT2D eigenvalue weighted by atomic mass is 9.97. The topological polar surface area (TPSA) is 61.8 Å². The highest BCUT2D eigenvalue weighted by Crippen LogP contribution is 2.28. The first-order chi connectivity index (χ1) is 12.9. The fraction of sp³-hybridized carbons (Fsp3) is 0.667. The number of nitrogens with zero attached hydrogens (tertiary/aromatic N) is 2. The summed E-state index contributed by atoms with van der Waals surface area (Å²) < 4.78 is 23.4. The van der Waals surface area contributed by atoms with Crippen LogP contribution in [0.3, 0.4) is 0 Å². The summed E-state index contributed by atoms with van der Waals surface area (Å²) in [6, 6.07) is 9.15. The van der Waals surface area contributed by atoms with Crippen molar-refractivity contribution in [3.63, 3.8) is 0 Å². The summed E-state index contributed by atoms with van der Waals surface area (Å²) in [6.07, 6.45) is 2.91. The summed E-state index contributed by atoms with van der Waals surface area (Å²) >= 11 is 0. The van der Waals surface area contributed by atoms with Gasteiger partial charge in [0.05, 0.1) is 11.5 Å². The van der Waals surface area contributed by atoms with Gasteiger partial charge >= 0.3 is 0 Å². The quantitative estimate of drug-likeness (QED) is 0.619. The number of nitrogens with one attached hydrogen (secondary N) is 1. The van der Waals surface area contributed by atoms with E-state index in [-0.39, 0.29) is 5.92 Å². The van der Waals surface area contributed by atoms with Crippen LogP contribution >= 0.6 is 0 Å². The largest absolute Gasteiger partial charge is 0.354 e. The second kappa shape index (κ2) is 8.63. The molecule has 2 aliphatic rings. The first kappa shape index (κ1) is 20.2. The van der Waals surface area contributed by atoms with Crippen molar-refractivity contribution >= 4 is 15.8 Å². The van der Waals surface area contributed by atoms with Crippen LogP contribution in [0.15, 0.2) is 29.3 Å². The van der Waals surface area contributed by atoms with Crippen molar-refractivity contribution in [2.45, 2.75) is 52.0 Å². The molecule has 0 aliphatic carbocycles. The van der Waals surface area contributed by atoms with Crippen LogP contribution in [0.4, 0.5) is 0 Å². The Labute approximate surface area is 164 Å². The average Bonchev–Trinajstić information content (AvgIpc) is 3.25. The molecule has 3 unspecified atom stereocenters. The van der Waals surface area contributed by atoms with Gasteiger partial charge in [-0.25, -0.2) is 8.42 Å². The number of sulfone groups is 1.